The van der Waals surface area contributed by atoms with E-state index in [1.165, 1.54) is 0 Å². The number of nitrogens with zero attached hydrogens (tertiary/aromatic N) is 1. The van der Waals surface area contributed by atoms with Crippen LogP contribution < -0.4 is 16.0 Å². The second-order valence-corrected chi connectivity index (χ2v) is 10.9. The van der Waals surface area contributed by atoms with E-state index in [1.54, 1.807) is 32.6 Å². The number of alkyl carbamates (subject to hydrolysis) is 1. The molecule has 10 nitrogen and oxygen atoms in total. The molecule has 4 amide bonds. The topological polar surface area (TPSA) is 133 Å². The Bertz CT molecular complexity index is 1130. The van der Waals surface area contributed by atoms with Gasteiger partial charge in [-0.3, -0.25) is 14.4 Å². The number of piperidine rings is 1. The smallest absolute Gasteiger partial charge is 0.408 e. The monoisotopic (exact) mass is 527 g/mol. The van der Waals surface area contributed by atoms with Crippen LogP contribution in [0.15, 0.2) is 30.5 Å². The fraction of sp³-hybridized carbons (Fsp3) is 0.571. The first kappa shape index (κ1) is 29.0. The van der Waals surface area contributed by atoms with Crippen molar-refractivity contribution in [2.24, 2.45) is 5.92 Å². The van der Waals surface area contributed by atoms with E-state index in [4.69, 9.17) is 4.74 Å². The van der Waals surface area contributed by atoms with Crippen molar-refractivity contribution in [3.05, 3.63) is 36.0 Å². The van der Waals surface area contributed by atoms with Gasteiger partial charge in [0.15, 0.2) is 0 Å². The van der Waals surface area contributed by atoms with Gasteiger partial charge in [-0.25, -0.2) is 4.79 Å². The quantitative estimate of drug-likeness (QED) is 0.398. The summed E-state index contributed by atoms with van der Waals surface area (Å²) < 4.78 is 5.43. The fourth-order valence-electron chi connectivity index (χ4n) is 4.55. The molecule has 0 aliphatic carbocycles. The molecule has 4 N–H and O–H groups in total. The third-order valence-electron chi connectivity index (χ3n) is 6.57. The molecule has 10 heteroatoms. The molecule has 0 bridgehead atoms. The van der Waals surface area contributed by atoms with Crippen LogP contribution in [0.3, 0.4) is 0 Å². The highest BCUT2D eigenvalue weighted by molar-refractivity contribution is 5.90. The van der Waals surface area contributed by atoms with E-state index in [2.05, 4.69) is 20.9 Å². The average Bonchev–Trinajstić information content (AvgIpc) is 3.28. The zero-order valence-corrected chi connectivity index (χ0v) is 23.1. The first-order chi connectivity index (χ1) is 18.0. The Hall–Kier alpha value is -3.56. The zero-order valence-electron chi connectivity index (χ0n) is 23.1. The number of ether oxygens (including phenoxy) is 1. The number of para-hydroxylation sites is 1. The Kier molecular flexibility index (Phi) is 9.77. The van der Waals surface area contributed by atoms with Gasteiger partial charge in [0.1, 0.15) is 17.7 Å². The number of carbonyl (C=O) groups excluding carboxylic acids is 4. The number of hydrogen-bond acceptors (Lipinski definition) is 5. The molecule has 2 atom stereocenters. The Morgan fingerprint density at radius 3 is 2.45 bits per heavy atom. The maximum atomic E-state index is 13.6. The lowest BCUT2D eigenvalue weighted by Gasteiger charge is -2.34. The van der Waals surface area contributed by atoms with Crippen molar-refractivity contribution in [1.82, 2.24) is 25.8 Å². The van der Waals surface area contributed by atoms with E-state index < -0.39 is 23.8 Å². The van der Waals surface area contributed by atoms with Crippen LogP contribution in [0.1, 0.15) is 59.4 Å². The Morgan fingerprint density at radius 1 is 1.11 bits per heavy atom. The molecule has 0 unspecified atom stereocenters. The molecule has 1 aliphatic rings. The van der Waals surface area contributed by atoms with Crippen LogP contribution in [0.2, 0.25) is 0 Å². The molecule has 3 rings (SSSR count). The predicted molar refractivity (Wildman–Crippen MR) is 145 cm³/mol. The normalized spacial score (nSPS) is 16.0. The molecule has 0 spiro atoms. The lowest BCUT2D eigenvalue weighted by molar-refractivity contribution is -0.138. The standard InChI is InChI=1S/C28H41N5O5/c1-6-13-29-24(34)18(2)31-25(35)19-11-14-33(15-12-19)26(36)23(32-27(37)38-28(3,4)5)16-20-17-30-22-10-8-7-9-21(20)22/h7-10,17-19,23,30H,6,11-16H2,1-5H3,(H,29,34)(H,31,35)(H,32,37)/t18-,23-/m0/s1. The van der Waals surface area contributed by atoms with E-state index in [-0.39, 0.29) is 23.6 Å². The van der Waals surface area contributed by atoms with E-state index in [9.17, 15) is 19.2 Å². The molecule has 1 aromatic carbocycles. The second-order valence-electron chi connectivity index (χ2n) is 10.9. The Labute approximate surface area is 224 Å². The maximum Gasteiger partial charge on any atom is 0.408 e. The molecule has 1 fully saturated rings. The van der Waals surface area contributed by atoms with Crippen molar-refractivity contribution in [1.29, 1.82) is 0 Å². The summed E-state index contributed by atoms with van der Waals surface area (Å²) in [6.45, 7) is 10.3. The molecule has 0 radical (unpaired) electrons. The highest BCUT2D eigenvalue weighted by atomic mass is 16.6. The van der Waals surface area contributed by atoms with Crippen LogP contribution in [-0.4, -0.2) is 71.0 Å². The number of rotatable bonds is 9. The van der Waals surface area contributed by atoms with Gasteiger partial charge in [0, 0.05) is 49.1 Å². The van der Waals surface area contributed by atoms with Crippen LogP contribution in [0, 0.1) is 5.92 Å². The molecular weight excluding hydrogens is 486 g/mol. The number of nitrogens with one attached hydrogen (secondary N) is 4. The van der Waals surface area contributed by atoms with Gasteiger partial charge in [0.05, 0.1) is 0 Å². The molecule has 1 aromatic heterocycles. The number of amides is 4. The minimum absolute atomic E-state index is 0.182. The van der Waals surface area contributed by atoms with Gasteiger partial charge in [-0.2, -0.15) is 0 Å². The largest absolute Gasteiger partial charge is 0.444 e. The van der Waals surface area contributed by atoms with Gasteiger partial charge in [0.25, 0.3) is 0 Å². The minimum Gasteiger partial charge on any atom is -0.444 e. The van der Waals surface area contributed by atoms with Crippen molar-refractivity contribution in [2.45, 2.75) is 78.0 Å². The SMILES string of the molecule is CCCNC(=O)[C@H](C)NC(=O)C1CCN(C(=O)[C@H](Cc2c[nH]c3ccccc23)NC(=O)OC(C)(C)C)CC1. The first-order valence-electron chi connectivity index (χ1n) is 13.4. The van der Waals surface area contributed by atoms with Crippen molar-refractivity contribution in [3.8, 4) is 0 Å². The van der Waals surface area contributed by atoms with Crippen LogP contribution >= 0.6 is 0 Å². The molecule has 38 heavy (non-hydrogen) atoms. The highest BCUT2D eigenvalue weighted by Crippen LogP contribution is 2.22. The van der Waals surface area contributed by atoms with Gasteiger partial charge >= 0.3 is 6.09 Å². The van der Waals surface area contributed by atoms with E-state index >= 15 is 0 Å². The van der Waals surface area contributed by atoms with Crippen molar-refractivity contribution < 1.29 is 23.9 Å². The molecule has 208 valence electrons. The number of carbonyl (C=O) groups is 4. The average molecular weight is 528 g/mol. The number of fused-ring (bicyclic) bond motifs is 1. The lowest BCUT2D eigenvalue weighted by Crippen LogP contribution is -2.54. The number of likely N-dealkylation sites (tertiary alicyclic amines) is 1. The molecular formula is C28H41N5O5. The summed E-state index contributed by atoms with van der Waals surface area (Å²) >= 11 is 0. The fourth-order valence-corrected chi connectivity index (χ4v) is 4.55. The number of H-pyrrole nitrogens is 1. The maximum absolute atomic E-state index is 13.6. The molecule has 0 saturated carbocycles. The van der Waals surface area contributed by atoms with Gasteiger partial charge in [-0.15, -0.1) is 0 Å². The van der Waals surface area contributed by atoms with Crippen molar-refractivity contribution >= 4 is 34.7 Å². The van der Waals surface area contributed by atoms with E-state index in [0.29, 0.717) is 38.9 Å². The van der Waals surface area contributed by atoms with Gasteiger partial charge in [-0.05, 0) is 58.6 Å². The summed E-state index contributed by atoms with van der Waals surface area (Å²) in [5.41, 5.74) is 1.17. The summed E-state index contributed by atoms with van der Waals surface area (Å²) in [6, 6.07) is 6.36. The van der Waals surface area contributed by atoms with Crippen LogP contribution in [0.4, 0.5) is 4.79 Å². The highest BCUT2D eigenvalue weighted by Gasteiger charge is 2.33. The summed E-state index contributed by atoms with van der Waals surface area (Å²) in [7, 11) is 0. The van der Waals surface area contributed by atoms with Crippen LogP contribution in [-0.2, 0) is 25.5 Å². The third-order valence-corrected chi connectivity index (χ3v) is 6.57. The number of benzene rings is 1. The summed E-state index contributed by atoms with van der Waals surface area (Å²) in [5.74, 6) is -0.890. The Morgan fingerprint density at radius 2 is 1.79 bits per heavy atom. The van der Waals surface area contributed by atoms with E-state index in [1.807, 2.05) is 37.4 Å². The van der Waals surface area contributed by atoms with Crippen molar-refractivity contribution in [3.63, 3.8) is 0 Å². The minimum atomic E-state index is -0.822. The second kappa shape index (κ2) is 12.8. The number of aromatic nitrogens is 1. The van der Waals surface area contributed by atoms with Crippen molar-refractivity contribution in [2.75, 3.05) is 19.6 Å². The lowest BCUT2D eigenvalue weighted by atomic mass is 9.94. The Balaban J connectivity index is 1.64. The van der Waals surface area contributed by atoms with Crippen LogP contribution in [0.25, 0.3) is 10.9 Å². The van der Waals surface area contributed by atoms with E-state index in [0.717, 1.165) is 22.9 Å². The number of aromatic amines is 1. The van der Waals surface area contributed by atoms with Gasteiger partial charge < -0.3 is 30.6 Å². The predicted octanol–water partition coefficient (Wildman–Crippen LogP) is 2.87. The first-order valence-corrected chi connectivity index (χ1v) is 13.4. The van der Waals surface area contributed by atoms with Gasteiger partial charge in [-0.1, -0.05) is 25.1 Å². The summed E-state index contributed by atoms with van der Waals surface area (Å²) in [4.78, 5) is 56.0. The summed E-state index contributed by atoms with van der Waals surface area (Å²) in [6.07, 6.45) is 3.28. The van der Waals surface area contributed by atoms with Crippen LogP contribution in [0.5, 0.6) is 0 Å². The summed E-state index contributed by atoms with van der Waals surface area (Å²) in [5, 5.41) is 9.33. The molecule has 2 aromatic rings. The zero-order chi connectivity index (χ0) is 27.9. The molecule has 1 saturated heterocycles. The van der Waals surface area contributed by atoms with Gasteiger partial charge in [0.2, 0.25) is 17.7 Å². The third kappa shape index (κ3) is 7.97. The molecule has 1 aliphatic heterocycles. The number of hydrogen-bond donors (Lipinski definition) is 4. The molecule has 2 heterocycles.